The van der Waals surface area contributed by atoms with Crippen LogP contribution in [-0.2, 0) is 19.4 Å². The lowest BCUT2D eigenvalue weighted by atomic mass is 10.2. The van der Waals surface area contributed by atoms with Gasteiger partial charge in [-0.15, -0.1) is 0 Å². The largest absolute Gasteiger partial charge is 0.465 e. The molecule has 26 heavy (non-hydrogen) atoms. The van der Waals surface area contributed by atoms with E-state index in [1.165, 1.54) is 19.2 Å². The van der Waals surface area contributed by atoms with Crippen molar-refractivity contribution < 1.29 is 22.7 Å². The van der Waals surface area contributed by atoms with Gasteiger partial charge >= 0.3 is 5.97 Å². The molecule has 0 unspecified atom stereocenters. The van der Waals surface area contributed by atoms with Crippen LogP contribution in [0.25, 0.3) is 10.2 Å². The van der Waals surface area contributed by atoms with Crippen molar-refractivity contribution in [1.29, 1.82) is 0 Å². The van der Waals surface area contributed by atoms with Crippen molar-refractivity contribution >= 4 is 48.4 Å². The Bertz CT molecular complexity index is 1070. The molecule has 0 saturated carbocycles. The van der Waals surface area contributed by atoms with Gasteiger partial charge < -0.3 is 10.1 Å². The van der Waals surface area contributed by atoms with Crippen molar-refractivity contribution in [3.8, 4) is 0 Å². The summed E-state index contributed by atoms with van der Waals surface area (Å²) in [6.07, 6.45) is 0. The van der Waals surface area contributed by atoms with Crippen LogP contribution in [0.1, 0.15) is 10.4 Å². The third-order valence-corrected chi connectivity index (χ3v) is 6.05. The van der Waals surface area contributed by atoms with Gasteiger partial charge in [-0.05, 0) is 30.3 Å². The number of benzene rings is 2. The third kappa shape index (κ3) is 3.89. The van der Waals surface area contributed by atoms with Crippen molar-refractivity contribution in [2.75, 3.05) is 18.2 Å². The first-order chi connectivity index (χ1) is 12.4. The lowest BCUT2D eigenvalue weighted by Crippen LogP contribution is -2.22. The smallest absolute Gasteiger partial charge is 0.337 e. The van der Waals surface area contributed by atoms with Crippen molar-refractivity contribution in [3.05, 3.63) is 54.1 Å². The molecule has 1 amide bonds. The van der Waals surface area contributed by atoms with Gasteiger partial charge in [0.15, 0.2) is 15.0 Å². The van der Waals surface area contributed by atoms with E-state index in [2.05, 4.69) is 15.0 Å². The molecule has 0 spiro atoms. The highest BCUT2D eigenvalue weighted by atomic mass is 32.2. The third-order valence-electron chi connectivity index (χ3n) is 3.48. The number of hydrogen-bond donors (Lipinski definition) is 1. The second-order valence-corrected chi connectivity index (χ2v) is 8.33. The highest BCUT2D eigenvalue weighted by Crippen LogP contribution is 2.27. The van der Waals surface area contributed by atoms with E-state index in [1.54, 1.807) is 36.4 Å². The molecule has 0 aliphatic rings. The molecular formula is C17H14N2O5S2. The monoisotopic (exact) mass is 390 g/mol. The summed E-state index contributed by atoms with van der Waals surface area (Å²) in [6.45, 7) is 0. The molecule has 3 rings (SSSR count). The number of ether oxygens (including phenoxy) is 1. The first-order valence-corrected chi connectivity index (χ1v) is 9.92. The van der Waals surface area contributed by atoms with Gasteiger partial charge in [0.2, 0.25) is 5.91 Å². The fraction of sp³-hybridized carbons (Fsp3) is 0.118. The number of nitrogens with one attached hydrogen (secondary N) is 1. The number of carbonyl (C=O) groups is 2. The zero-order valence-corrected chi connectivity index (χ0v) is 15.3. The lowest BCUT2D eigenvalue weighted by Gasteiger charge is -2.04. The van der Waals surface area contributed by atoms with Gasteiger partial charge in [-0.2, -0.15) is 0 Å². The Balaban J connectivity index is 1.76. The fourth-order valence-corrected chi connectivity index (χ4v) is 4.34. The summed E-state index contributed by atoms with van der Waals surface area (Å²) in [6, 6.07) is 12.6. The summed E-state index contributed by atoms with van der Waals surface area (Å²) in [5, 5.41) is 2.75. The topological polar surface area (TPSA) is 102 Å². The van der Waals surface area contributed by atoms with Crippen molar-refractivity contribution in [2.45, 2.75) is 4.90 Å². The molecule has 0 fully saturated rings. The van der Waals surface area contributed by atoms with Crippen molar-refractivity contribution in [2.24, 2.45) is 0 Å². The maximum Gasteiger partial charge on any atom is 0.337 e. The summed E-state index contributed by atoms with van der Waals surface area (Å²) in [5.41, 5.74) is 0.956. The molecule has 7 nitrogen and oxygen atoms in total. The van der Waals surface area contributed by atoms with Crippen LogP contribution in [0.3, 0.4) is 0 Å². The van der Waals surface area contributed by atoms with Crippen LogP contribution in [0.5, 0.6) is 0 Å². The average Bonchev–Trinajstić information content (AvgIpc) is 3.02. The molecule has 3 aromatic rings. The van der Waals surface area contributed by atoms with Crippen LogP contribution in [0, 0.1) is 0 Å². The Kier molecular flexibility index (Phi) is 5.01. The lowest BCUT2D eigenvalue weighted by molar-refractivity contribution is -0.113. The van der Waals surface area contributed by atoms with Crippen LogP contribution in [0.4, 0.5) is 5.13 Å². The maximum atomic E-state index is 12.2. The van der Waals surface area contributed by atoms with Crippen LogP contribution in [-0.4, -0.2) is 38.1 Å². The summed E-state index contributed by atoms with van der Waals surface area (Å²) in [4.78, 5) is 28.0. The van der Waals surface area contributed by atoms with Crippen molar-refractivity contribution in [3.63, 3.8) is 0 Å². The van der Waals surface area contributed by atoms with Gasteiger partial charge in [0.25, 0.3) is 0 Å². The Morgan fingerprint density at radius 3 is 2.58 bits per heavy atom. The molecule has 0 saturated heterocycles. The van der Waals surface area contributed by atoms with E-state index in [-0.39, 0.29) is 10.0 Å². The van der Waals surface area contributed by atoms with Crippen LogP contribution in [0.15, 0.2) is 53.4 Å². The quantitative estimate of drug-likeness (QED) is 0.672. The Morgan fingerprint density at radius 1 is 1.15 bits per heavy atom. The van der Waals surface area contributed by atoms with E-state index in [0.29, 0.717) is 15.8 Å². The molecule has 1 N–H and O–H groups in total. The second kappa shape index (κ2) is 7.22. The number of fused-ring (bicyclic) bond motifs is 1. The molecule has 0 atom stereocenters. The Morgan fingerprint density at radius 2 is 1.88 bits per heavy atom. The van der Waals surface area contributed by atoms with E-state index in [4.69, 9.17) is 0 Å². The summed E-state index contributed by atoms with van der Waals surface area (Å²) in [7, 11) is -2.44. The van der Waals surface area contributed by atoms with Crippen LogP contribution >= 0.6 is 11.3 Å². The highest BCUT2D eigenvalue weighted by molar-refractivity contribution is 7.92. The first kappa shape index (κ1) is 18.0. The fourth-order valence-electron chi connectivity index (χ4n) is 2.26. The normalized spacial score (nSPS) is 11.3. The SMILES string of the molecule is COC(=O)c1ccc2nc(NC(=O)CS(=O)(=O)c3ccccc3)sc2c1. The Hall–Kier alpha value is -2.78. The minimum Gasteiger partial charge on any atom is -0.465 e. The minimum absolute atomic E-state index is 0.0853. The number of rotatable bonds is 5. The van der Waals surface area contributed by atoms with E-state index in [0.717, 1.165) is 11.3 Å². The van der Waals surface area contributed by atoms with Gasteiger partial charge in [0.1, 0.15) is 5.75 Å². The zero-order chi connectivity index (χ0) is 18.7. The van der Waals surface area contributed by atoms with E-state index >= 15 is 0 Å². The number of methoxy groups -OCH3 is 1. The number of esters is 1. The van der Waals surface area contributed by atoms with Crippen LogP contribution < -0.4 is 5.32 Å². The molecule has 2 aromatic carbocycles. The van der Waals surface area contributed by atoms with Gasteiger partial charge in [0, 0.05) is 0 Å². The second-order valence-electron chi connectivity index (χ2n) is 5.31. The number of thiazole rings is 1. The molecule has 0 radical (unpaired) electrons. The standard InChI is InChI=1S/C17H14N2O5S2/c1-24-16(21)11-7-8-13-14(9-11)25-17(18-13)19-15(20)10-26(22,23)12-5-3-2-4-6-12/h2-9H,10H2,1H3,(H,18,19,20). The summed E-state index contributed by atoms with van der Waals surface area (Å²) < 4.78 is 29.8. The molecule has 9 heteroatoms. The maximum absolute atomic E-state index is 12.2. The summed E-state index contributed by atoms with van der Waals surface area (Å²) >= 11 is 1.14. The minimum atomic E-state index is -3.73. The van der Waals surface area contributed by atoms with Gasteiger partial charge in [-0.1, -0.05) is 29.5 Å². The predicted molar refractivity (Wildman–Crippen MR) is 98.1 cm³/mol. The number of carbonyl (C=O) groups excluding carboxylic acids is 2. The highest BCUT2D eigenvalue weighted by Gasteiger charge is 2.20. The number of sulfone groups is 1. The average molecular weight is 390 g/mol. The summed E-state index contributed by atoms with van der Waals surface area (Å²) in [5.74, 6) is -1.83. The molecule has 1 aromatic heterocycles. The molecular weight excluding hydrogens is 376 g/mol. The Labute approximate surface area is 153 Å². The van der Waals surface area contributed by atoms with E-state index in [9.17, 15) is 18.0 Å². The number of nitrogens with zero attached hydrogens (tertiary/aromatic N) is 1. The molecule has 0 aliphatic carbocycles. The molecule has 0 aliphatic heterocycles. The molecule has 0 bridgehead atoms. The zero-order valence-electron chi connectivity index (χ0n) is 13.6. The van der Waals surface area contributed by atoms with Gasteiger partial charge in [-0.25, -0.2) is 18.2 Å². The van der Waals surface area contributed by atoms with E-state index in [1.807, 2.05) is 0 Å². The molecule has 1 heterocycles. The number of anilines is 1. The predicted octanol–water partition coefficient (Wildman–Crippen LogP) is 2.50. The van der Waals surface area contributed by atoms with E-state index < -0.39 is 27.5 Å². The van der Waals surface area contributed by atoms with Crippen LogP contribution in [0.2, 0.25) is 0 Å². The van der Waals surface area contributed by atoms with Gasteiger partial charge in [0.05, 0.1) is 27.8 Å². The number of aromatic nitrogens is 1. The van der Waals surface area contributed by atoms with Crippen molar-refractivity contribution in [1.82, 2.24) is 4.98 Å². The number of hydrogen-bond acceptors (Lipinski definition) is 7. The molecule has 134 valence electrons. The first-order valence-electron chi connectivity index (χ1n) is 7.45. The number of amides is 1. The van der Waals surface area contributed by atoms with Gasteiger partial charge in [-0.3, -0.25) is 4.79 Å².